The van der Waals surface area contributed by atoms with Gasteiger partial charge in [0.15, 0.2) is 0 Å². The highest BCUT2D eigenvalue weighted by molar-refractivity contribution is 5.80. The monoisotopic (exact) mass is 230 g/mol. The van der Waals surface area contributed by atoms with Gasteiger partial charge in [-0.15, -0.1) is 0 Å². The average Bonchev–Trinajstić information content (AvgIpc) is 2.70. The van der Waals surface area contributed by atoms with Gasteiger partial charge < -0.3 is 20.5 Å². The lowest BCUT2D eigenvalue weighted by molar-refractivity contribution is -0.131. The van der Waals surface area contributed by atoms with E-state index < -0.39 is 0 Å². The van der Waals surface area contributed by atoms with Crippen molar-refractivity contribution in [1.82, 2.24) is 5.32 Å². The molecule has 0 aliphatic carbocycles. The van der Waals surface area contributed by atoms with Crippen molar-refractivity contribution in [3.05, 3.63) is 0 Å². The van der Waals surface area contributed by atoms with Crippen molar-refractivity contribution in [2.75, 3.05) is 26.3 Å². The number of carbonyl (C=O) groups is 1. The number of carbonyl (C=O) groups excluding carboxylic acids is 1. The first-order valence-electron chi connectivity index (χ1n) is 5.95. The van der Waals surface area contributed by atoms with E-state index in [0.29, 0.717) is 26.3 Å². The largest absolute Gasteiger partial charge is 0.380 e. The average molecular weight is 230 g/mol. The van der Waals surface area contributed by atoms with Crippen LogP contribution in [0.4, 0.5) is 0 Å². The van der Waals surface area contributed by atoms with E-state index in [1.807, 2.05) is 6.92 Å². The molecule has 16 heavy (non-hydrogen) atoms. The zero-order chi connectivity index (χ0) is 11.8. The molecule has 1 heterocycles. The first-order valence-corrected chi connectivity index (χ1v) is 5.95. The standard InChI is InChI=1S/C11H22N2O3/c1-9-3-4-10(16-9)11(14)13-6-2-7-15-8-5-12/h9-10H,2-8,12H2,1H3,(H,13,14). The number of nitrogens with two attached hydrogens (primary N) is 1. The second-order valence-corrected chi connectivity index (χ2v) is 4.06. The minimum atomic E-state index is -0.250. The van der Waals surface area contributed by atoms with Crippen LogP contribution in [-0.2, 0) is 14.3 Å². The topological polar surface area (TPSA) is 73.6 Å². The van der Waals surface area contributed by atoms with Crippen LogP contribution in [-0.4, -0.2) is 44.4 Å². The van der Waals surface area contributed by atoms with Gasteiger partial charge in [-0.1, -0.05) is 0 Å². The summed E-state index contributed by atoms with van der Waals surface area (Å²) in [5, 5.41) is 2.85. The Kier molecular flexibility index (Phi) is 6.37. The number of nitrogens with one attached hydrogen (secondary N) is 1. The van der Waals surface area contributed by atoms with Gasteiger partial charge in [-0.25, -0.2) is 0 Å². The number of hydrogen-bond donors (Lipinski definition) is 2. The van der Waals surface area contributed by atoms with Crippen molar-refractivity contribution in [3.63, 3.8) is 0 Å². The highest BCUT2D eigenvalue weighted by Gasteiger charge is 2.27. The van der Waals surface area contributed by atoms with Crippen LogP contribution in [0.2, 0.25) is 0 Å². The Morgan fingerprint density at radius 1 is 1.50 bits per heavy atom. The van der Waals surface area contributed by atoms with E-state index in [1.54, 1.807) is 0 Å². The van der Waals surface area contributed by atoms with Gasteiger partial charge in [0.25, 0.3) is 0 Å². The SMILES string of the molecule is CC1CCC(C(=O)NCCCOCCN)O1. The summed E-state index contributed by atoms with van der Waals surface area (Å²) >= 11 is 0. The molecule has 94 valence electrons. The van der Waals surface area contributed by atoms with Crippen molar-refractivity contribution >= 4 is 5.91 Å². The smallest absolute Gasteiger partial charge is 0.249 e. The molecule has 0 aromatic rings. The van der Waals surface area contributed by atoms with Crippen LogP contribution in [0, 0.1) is 0 Å². The van der Waals surface area contributed by atoms with Gasteiger partial charge in [0.05, 0.1) is 12.7 Å². The predicted molar refractivity (Wildman–Crippen MR) is 61.1 cm³/mol. The molecule has 3 N–H and O–H groups in total. The maximum atomic E-state index is 11.6. The van der Waals surface area contributed by atoms with Crippen LogP contribution in [0.15, 0.2) is 0 Å². The molecule has 2 atom stereocenters. The van der Waals surface area contributed by atoms with E-state index >= 15 is 0 Å². The molecular formula is C11H22N2O3. The molecule has 0 aromatic carbocycles. The van der Waals surface area contributed by atoms with Gasteiger partial charge in [-0.05, 0) is 26.2 Å². The summed E-state index contributed by atoms with van der Waals surface area (Å²) in [7, 11) is 0. The van der Waals surface area contributed by atoms with Crippen LogP contribution in [0.3, 0.4) is 0 Å². The molecule has 0 saturated carbocycles. The van der Waals surface area contributed by atoms with Crippen LogP contribution in [0.1, 0.15) is 26.2 Å². The van der Waals surface area contributed by atoms with Gasteiger partial charge in [0.1, 0.15) is 6.10 Å². The third kappa shape index (κ3) is 4.92. The quantitative estimate of drug-likeness (QED) is 0.605. The number of ether oxygens (including phenoxy) is 2. The molecule has 1 aliphatic rings. The normalized spacial score (nSPS) is 24.6. The van der Waals surface area contributed by atoms with Crippen molar-refractivity contribution in [2.45, 2.75) is 38.4 Å². The van der Waals surface area contributed by atoms with Crippen molar-refractivity contribution < 1.29 is 14.3 Å². The lowest BCUT2D eigenvalue weighted by Gasteiger charge is -2.11. The molecule has 1 rings (SSSR count). The van der Waals surface area contributed by atoms with E-state index in [-0.39, 0.29) is 18.1 Å². The second-order valence-electron chi connectivity index (χ2n) is 4.06. The van der Waals surface area contributed by atoms with Gasteiger partial charge in [-0.3, -0.25) is 4.79 Å². The van der Waals surface area contributed by atoms with Gasteiger partial charge in [0.2, 0.25) is 5.91 Å². The maximum Gasteiger partial charge on any atom is 0.249 e. The molecule has 2 unspecified atom stereocenters. The van der Waals surface area contributed by atoms with Crippen molar-refractivity contribution in [2.24, 2.45) is 5.73 Å². The molecule has 0 aromatic heterocycles. The summed E-state index contributed by atoms with van der Waals surface area (Å²) in [6.45, 7) is 4.39. The molecule has 1 saturated heterocycles. The molecule has 1 aliphatic heterocycles. The fraction of sp³-hybridized carbons (Fsp3) is 0.909. The molecule has 5 heteroatoms. The van der Waals surface area contributed by atoms with Crippen molar-refractivity contribution in [1.29, 1.82) is 0 Å². The van der Waals surface area contributed by atoms with Crippen LogP contribution < -0.4 is 11.1 Å². The molecule has 5 nitrogen and oxygen atoms in total. The summed E-state index contributed by atoms with van der Waals surface area (Å²) < 4.78 is 10.7. The van der Waals surface area contributed by atoms with Crippen molar-refractivity contribution in [3.8, 4) is 0 Å². The van der Waals surface area contributed by atoms with E-state index in [1.165, 1.54) is 0 Å². The lowest BCUT2D eigenvalue weighted by Crippen LogP contribution is -2.35. The molecule has 0 bridgehead atoms. The van der Waals surface area contributed by atoms with Gasteiger partial charge >= 0.3 is 0 Å². The zero-order valence-electron chi connectivity index (χ0n) is 9.91. The third-order valence-corrected chi connectivity index (χ3v) is 2.55. The molecule has 1 fully saturated rings. The molecule has 0 spiro atoms. The zero-order valence-corrected chi connectivity index (χ0v) is 9.91. The lowest BCUT2D eigenvalue weighted by atomic mass is 10.2. The second kappa shape index (κ2) is 7.60. The Balaban J connectivity index is 1.98. The highest BCUT2D eigenvalue weighted by atomic mass is 16.5. The van der Waals surface area contributed by atoms with E-state index in [0.717, 1.165) is 19.3 Å². The van der Waals surface area contributed by atoms with Crippen LogP contribution in [0.25, 0.3) is 0 Å². The summed E-state index contributed by atoms with van der Waals surface area (Å²) in [5.74, 6) is 0.00294. The summed E-state index contributed by atoms with van der Waals surface area (Å²) in [4.78, 5) is 11.6. The summed E-state index contributed by atoms with van der Waals surface area (Å²) in [5.41, 5.74) is 5.28. The Morgan fingerprint density at radius 3 is 2.94 bits per heavy atom. The fourth-order valence-electron chi connectivity index (χ4n) is 1.68. The van der Waals surface area contributed by atoms with Crippen LogP contribution >= 0.6 is 0 Å². The molecule has 1 amide bonds. The Morgan fingerprint density at radius 2 is 2.31 bits per heavy atom. The first kappa shape index (κ1) is 13.4. The molecular weight excluding hydrogens is 208 g/mol. The number of amides is 1. The van der Waals surface area contributed by atoms with E-state index in [4.69, 9.17) is 15.2 Å². The van der Waals surface area contributed by atoms with Crippen LogP contribution in [0.5, 0.6) is 0 Å². The van der Waals surface area contributed by atoms with Gasteiger partial charge in [-0.2, -0.15) is 0 Å². The Hall–Kier alpha value is -0.650. The summed E-state index contributed by atoms with van der Waals surface area (Å²) in [6, 6.07) is 0. The van der Waals surface area contributed by atoms with E-state index in [9.17, 15) is 4.79 Å². The minimum Gasteiger partial charge on any atom is -0.380 e. The van der Waals surface area contributed by atoms with Gasteiger partial charge in [0, 0.05) is 19.7 Å². The minimum absolute atomic E-state index is 0.00294. The Bertz CT molecular complexity index is 211. The predicted octanol–water partition coefficient (Wildman–Crippen LogP) is 0.0355. The Labute approximate surface area is 96.7 Å². The number of hydrogen-bond acceptors (Lipinski definition) is 4. The summed E-state index contributed by atoms with van der Waals surface area (Å²) in [6.07, 6.45) is 2.58. The van der Waals surface area contributed by atoms with E-state index in [2.05, 4.69) is 5.32 Å². The fourth-order valence-corrected chi connectivity index (χ4v) is 1.68. The molecule has 0 radical (unpaired) electrons. The highest BCUT2D eigenvalue weighted by Crippen LogP contribution is 2.18. The first-order chi connectivity index (χ1) is 7.74. The maximum absolute atomic E-state index is 11.6. The third-order valence-electron chi connectivity index (χ3n) is 2.55. The number of rotatable bonds is 7.